The molecule has 0 saturated carbocycles. The van der Waals surface area contributed by atoms with Crippen LogP contribution in [0.15, 0.2) is 16.7 Å². The number of halogens is 4. The summed E-state index contributed by atoms with van der Waals surface area (Å²) in [5.41, 5.74) is -0.0499. The minimum absolute atomic E-state index is 0.0206. The maximum absolute atomic E-state index is 13.7. The first-order chi connectivity index (χ1) is 7.60. The molecule has 1 aromatic heterocycles. The molecule has 0 saturated heterocycles. The molecular formula is C9H3BrF3NOS. The van der Waals surface area contributed by atoms with E-state index in [1.807, 2.05) is 0 Å². The Bertz CT molecular complexity index is 584. The monoisotopic (exact) mass is 309 g/mol. The number of carbonyl (C=O) groups is 1. The van der Waals surface area contributed by atoms with Crippen LogP contribution in [-0.4, -0.2) is 10.3 Å². The third-order valence-electron chi connectivity index (χ3n) is 2.13. The maximum Gasteiger partial charge on any atom is 0.169 e. The first kappa shape index (κ1) is 11.5. The van der Waals surface area contributed by atoms with Crippen molar-refractivity contribution < 1.29 is 17.5 Å². The van der Waals surface area contributed by atoms with E-state index >= 15 is 0 Å². The predicted octanol–water partition coefficient (Wildman–Crippen LogP) is 3.88. The van der Waals surface area contributed by atoms with Gasteiger partial charge in [0.15, 0.2) is 18.6 Å². The first-order valence-corrected chi connectivity index (χ1v) is 5.49. The van der Waals surface area contributed by atoms with Crippen LogP contribution < -0.4 is 0 Å². The molecule has 0 N–H and O–H groups in total. The molecule has 2 rings (SSSR count). The van der Waals surface area contributed by atoms with Gasteiger partial charge in [-0.3, -0.25) is 8.77 Å². The van der Waals surface area contributed by atoms with Crippen LogP contribution in [0.5, 0.6) is 0 Å². The minimum Gasteiger partial charge on any atom is -0.298 e. The molecule has 16 heavy (non-hydrogen) atoms. The van der Waals surface area contributed by atoms with Crippen LogP contribution in [0.4, 0.5) is 12.7 Å². The van der Waals surface area contributed by atoms with E-state index in [4.69, 9.17) is 0 Å². The highest BCUT2D eigenvalue weighted by molar-refractivity contribution is 9.10. The smallest absolute Gasteiger partial charge is 0.169 e. The molecule has 1 heterocycles. The highest BCUT2D eigenvalue weighted by Crippen LogP contribution is 2.33. The Kier molecular flexibility index (Phi) is 2.98. The fourth-order valence-corrected chi connectivity index (χ4v) is 2.12. The summed E-state index contributed by atoms with van der Waals surface area (Å²) in [7, 11) is 0. The lowest BCUT2D eigenvalue weighted by molar-refractivity contribution is 0.112. The van der Waals surface area contributed by atoms with E-state index in [1.54, 1.807) is 0 Å². The second-order valence-electron chi connectivity index (χ2n) is 2.98. The molecule has 0 atom stereocenters. The Morgan fingerprint density at radius 2 is 2.12 bits per heavy atom. The quantitative estimate of drug-likeness (QED) is 0.620. The topological polar surface area (TPSA) is 22.0 Å². The Morgan fingerprint density at radius 1 is 1.44 bits per heavy atom. The van der Waals surface area contributed by atoms with Crippen molar-refractivity contribution in [3.63, 3.8) is 0 Å². The molecule has 0 aliphatic carbocycles. The standard InChI is InChI=1S/C9H3BrF3NOS/c10-8-5(11)1-6-7(9(8)12)4(3-15)2-14(6)16-13/h1-3H. The summed E-state index contributed by atoms with van der Waals surface area (Å²) in [6.45, 7) is 0. The van der Waals surface area contributed by atoms with Crippen molar-refractivity contribution in [3.05, 3.63) is 33.9 Å². The van der Waals surface area contributed by atoms with Crippen molar-refractivity contribution >= 4 is 45.5 Å². The molecule has 0 spiro atoms. The third kappa shape index (κ3) is 1.54. The van der Waals surface area contributed by atoms with Crippen LogP contribution in [0.2, 0.25) is 0 Å². The van der Waals surface area contributed by atoms with Gasteiger partial charge in [0.1, 0.15) is 11.6 Å². The van der Waals surface area contributed by atoms with E-state index < -0.39 is 11.6 Å². The Morgan fingerprint density at radius 3 is 2.69 bits per heavy atom. The van der Waals surface area contributed by atoms with Crippen molar-refractivity contribution in [1.82, 2.24) is 3.97 Å². The highest BCUT2D eigenvalue weighted by atomic mass is 79.9. The van der Waals surface area contributed by atoms with Crippen molar-refractivity contribution in [2.24, 2.45) is 0 Å². The average Bonchev–Trinajstić information content (AvgIpc) is 2.64. The SMILES string of the molecule is O=Cc1cn(SF)c2cc(F)c(Br)c(F)c12. The van der Waals surface area contributed by atoms with E-state index in [1.165, 1.54) is 0 Å². The van der Waals surface area contributed by atoms with Crippen molar-refractivity contribution in [2.45, 2.75) is 0 Å². The van der Waals surface area contributed by atoms with Crippen molar-refractivity contribution in [3.8, 4) is 0 Å². The zero-order valence-electron chi connectivity index (χ0n) is 7.51. The molecule has 0 fully saturated rings. The van der Waals surface area contributed by atoms with E-state index in [2.05, 4.69) is 15.9 Å². The van der Waals surface area contributed by atoms with Crippen LogP contribution in [0.25, 0.3) is 10.9 Å². The van der Waals surface area contributed by atoms with Crippen LogP contribution in [0, 0.1) is 11.6 Å². The predicted molar refractivity (Wildman–Crippen MR) is 59.0 cm³/mol. The van der Waals surface area contributed by atoms with Gasteiger partial charge in [-0.05, 0) is 15.9 Å². The largest absolute Gasteiger partial charge is 0.298 e. The number of hydrogen-bond donors (Lipinski definition) is 0. The van der Waals surface area contributed by atoms with Crippen LogP contribution in [0.3, 0.4) is 0 Å². The molecule has 0 radical (unpaired) electrons. The number of fused-ring (bicyclic) bond motifs is 1. The van der Waals surface area contributed by atoms with E-state index in [0.717, 1.165) is 16.2 Å². The maximum atomic E-state index is 13.7. The lowest BCUT2D eigenvalue weighted by atomic mass is 10.2. The van der Waals surface area contributed by atoms with E-state index in [0.29, 0.717) is 6.29 Å². The van der Waals surface area contributed by atoms with E-state index in [9.17, 15) is 17.5 Å². The summed E-state index contributed by atoms with van der Waals surface area (Å²) >= 11 is 2.49. The normalized spacial score (nSPS) is 11.0. The average molecular weight is 310 g/mol. The molecule has 0 bridgehead atoms. The van der Waals surface area contributed by atoms with Gasteiger partial charge in [0.05, 0.1) is 9.99 Å². The fraction of sp³-hybridized carbons (Fsp3) is 0. The molecule has 2 aromatic rings. The summed E-state index contributed by atoms with van der Waals surface area (Å²) in [6.07, 6.45) is 1.50. The Hall–Kier alpha value is -0.950. The number of rotatable bonds is 2. The Labute approximate surface area is 101 Å². The second-order valence-corrected chi connectivity index (χ2v) is 4.30. The van der Waals surface area contributed by atoms with Gasteiger partial charge in [-0.25, -0.2) is 8.78 Å². The van der Waals surface area contributed by atoms with Crippen LogP contribution >= 0.6 is 28.3 Å². The van der Waals surface area contributed by atoms with Crippen LogP contribution in [-0.2, 0) is 0 Å². The van der Waals surface area contributed by atoms with E-state index in [-0.39, 0.29) is 33.3 Å². The summed E-state index contributed by atoms with van der Waals surface area (Å²) in [5, 5.41) is -0.103. The van der Waals surface area contributed by atoms with Gasteiger partial charge in [-0.15, -0.1) is 3.89 Å². The number of nitrogens with zero attached hydrogens (tertiary/aromatic N) is 1. The van der Waals surface area contributed by atoms with Gasteiger partial charge in [0.2, 0.25) is 0 Å². The summed E-state index contributed by atoms with van der Waals surface area (Å²) < 4.78 is 39.9. The van der Waals surface area contributed by atoms with Gasteiger partial charge >= 0.3 is 0 Å². The Balaban J connectivity index is 2.96. The number of benzene rings is 1. The molecule has 84 valence electrons. The zero-order valence-corrected chi connectivity index (χ0v) is 9.91. The molecule has 0 unspecified atom stereocenters. The first-order valence-electron chi connectivity index (χ1n) is 4.03. The van der Waals surface area contributed by atoms with Gasteiger partial charge in [0.25, 0.3) is 0 Å². The van der Waals surface area contributed by atoms with Crippen LogP contribution in [0.1, 0.15) is 10.4 Å². The van der Waals surface area contributed by atoms with Gasteiger partial charge in [-0.1, -0.05) is 0 Å². The van der Waals surface area contributed by atoms with Gasteiger partial charge in [0, 0.05) is 23.2 Å². The van der Waals surface area contributed by atoms with Crippen molar-refractivity contribution in [2.75, 3.05) is 0 Å². The van der Waals surface area contributed by atoms with Gasteiger partial charge < -0.3 is 0 Å². The molecule has 2 nitrogen and oxygen atoms in total. The lowest BCUT2D eigenvalue weighted by Gasteiger charge is -2.01. The molecular weight excluding hydrogens is 307 g/mol. The second kappa shape index (κ2) is 4.14. The molecule has 0 aliphatic heterocycles. The molecule has 1 aromatic carbocycles. The summed E-state index contributed by atoms with van der Waals surface area (Å²) in [6, 6.07) is 0.960. The molecule has 0 amide bonds. The van der Waals surface area contributed by atoms with Gasteiger partial charge in [-0.2, -0.15) is 0 Å². The minimum atomic E-state index is -0.912. The fourth-order valence-electron chi connectivity index (χ4n) is 1.44. The summed E-state index contributed by atoms with van der Waals surface area (Å²) in [4.78, 5) is 10.7. The number of aldehydes is 1. The number of carbonyl (C=O) groups excluding carboxylic acids is 1. The lowest BCUT2D eigenvalue weighted by Crippen LogP contribution is -1.89. The number of aromatic nitrogens is 1. The highest BCUT2D eigenvalue weighted by Gasteiger charge is 2.18. The van der Waals surface area contributed by atoms with Crippen molar-refractivity contribution in [1.29, 1.82) is 0 Å². The summed E-state index contributed by atoms with van der Waals surface area (Å²) in [5.74, 6) is -1.76. The third-order valence-corrected chi connectivity index (χ3v) is 3.30. The zero-order chi connectivity index (χ0) is 11.9. The molecule has 0 aliphatic rings. The number of hydrogen-bond acceptors (Lipinski definition) is 2. The molecule has 7 heteroatoms.